The van der Waals surface area contributed by atoms with Crippen molar-refractivity contribution in [1.82, 2.24) is 14.5 Å². The second-order valence-corrected chi connectivity index (χ2v) is 5.50. The molecule has 102 valence electrons. The first-order chi connectivity index (χ1) is 9.19. The molecule has 0 radical (unpaired) electrons. The van der Waals surface area contributed by atoms with Crippen LogP contribution in [0, 0.1) is 6.92 Å². The van der Waals surface area contributed by atoms with Crippen LogP contribution in [-0.4, -0.2) is 33.6 Å². The number of anilines is 1. The molecular weight excluding hydrogens is 236 g/mol. The van der Waals surface area contributed by atoms with Gasteiger partial charge in [-0.1, -0.05) is 13.0 Å². The highest BCUT2D eigenvalue weighted by molar-refractivity contribution is 5.79. The number of aryl methyl sites for hydroxylation is 1. The maximum Gasteiger partial charge on any atom is 0.201 e. The molecule has 4 heteroatoms. The lowest BCUT2D eigenvalue weighted by Gasteiger charge is -2.23. The fourth-order valence-electron chi connectivity index (χ4n) is 3.17. The second-order valence-electron chi connectivity index (χ2n) is 5.50. The summed E-state index contributed by atoms with van der Waals surface area (Å²) < 4.78 is 2.18. The molecule has 1 aromatic carbocycles. The van der Waals surface area contributed by atoms with Crippen LogP contribution < -0.4 is 5.73 Å². The Labute approximate surface area is 114 Å². The average molecular weight is 258 g/mol. The largest absolute Gasteiger partial charge is 0.369 e. The van der Waals surface area contributed by atoms with Crippen LogP contribution in [0.5, 0.6) is 0 Å². The van der Waals surface area contributed by atoms with Gasteiger partial charge in [0.25, 0.3) is 0 Å². The van der Waals surface area contributed by atoms with Gasteiger partial charge < -0.3 is 10.3 Å². The van der Waals surface area contributed by atoms with Gasteiger partial charge in [0.2, 0.25) is 5.95 Å². The first-order valence-corrected chi connectivity index (χ1v) is 7.15. The van der Waals surface area contributed by atoms with E-state index in [-0.39, 0.29) is 0 Å². The molecule has 1 fully saturated rings. The quantitative estimate of drug-likeness (QED) is 0.919. The lowest BCUT2D eigenvalue weighted by Crippen LogP contribution is -2.33. The topological polar surface area (TPSA) is 47.1 Å². The van der Waals surface area contributed by atoms with Crippen LogP contribution in [0.25, 0.3) is 11.0 Å². The van der Waals surface area contributed by atoms with Crippen molar-refractivity contribution in [2.24, 2.45) is 0 Å². The van der Waals surface area contributed by atoms with Crippen LogP contribution in [0.3, 0.4) is 0 Å². The Kier molecular flexibility index (Phi) is 3.19. The number of nitrogens with zero attached hydrogens (tertiary/aromatic N) is 3. The predicted molar refractivity (Wildman–Crippen MR) is 79.2 cm³/mol. The zero-order valence-corrected chi connectivity index (χ0v) is 11.8. The molecule has 2 heterocycles. The Balaban J connectivity index is 1.95. The van der Waals surface area contributed by atoms with E-state index in [1.54, 1.807) is 0 Å². The molecule has 4 nitrogen and oxygen atoms in total. The summed E-state index contributed by atoms with van der Waals surface area (Å²) >= 11 is 0. The number of nitrogen functional groups attached to an aromatic ring is 1. The van der Waals surface area contributed by atoms with Crippen molar-refractivity contribution in [2.45, 2.75) is 39.3 Å². The van der Waals surface area contributed by atoms with Crippen molar-refractivity contribution in [1.29, 1.82) is 0 Å². The van der Waals surface area contributed by atoms with Crippen molar-refractivity contribution in [2.75, 3.05) is 18.8 Å². The maximum atomic E-state index is 6.10. The van der Waals surface area contributed by atoms with E-state index >= 15 is 0 Å². The summed E-state index contributed by atoms with van der Waals surface area (Å²) in [6.07, 6.45) is 2.56. The van der Waals surface area contributed by atoms with Crippen LogP contribution in [0.4, 0.5) is 5.95 Å². The van der Waals surface area contributed by atoms with Crippen LogP contribution >= 0.6 is 0 Å². The third kappa shape index (κ3) is 2.21. The van der Waals surface area contributed by atoms with E-state index in [9.17, 15) is 0 Å². The van der Waals surface area contributed by atoms with E-state index in [2.05, 4.69) is 46.5 Å². The predicted octanol–water partition coefficient (Wildman–Crippen LogP) is 2.41. The third-order valence-corrected chi connectivity index (χ3v) is 4.23. The Hall–Kier alpha value is -1.55. The van der Waals surface area contributed by atoms with Gasteiger partial charge in [0, 0.05) is 12.6 Å². The van der Waals surface area contributed by atoms with Crippen molar-refractivity contribution in [3.8, 4) is 0 Å². The lowest BCUT2D eigenvalue weighted by molar-refractivity contribution is 0.246. The highest BCUT2D eigenvalue weighted by Crippen LogP contribution is 2.24. The van der Waals surface area contributed by atoms with Gasteiger partial charge >= 0.3 is 0 Å². The summed E-state index contributed by atoms with van der Waals surface area (Å²) in [5.41, 5.74) is 9.53. The molecule has 1 aliphatic rings. The zero-order chi connectivity index (χ0) is 13.4. The standard InChI is InChI=1S/C15H22N4/c1-3-18-8-4-5-12(18)10-19-14-9-11(2)6-7-13(14)17-15(19)16/h6-7,9,12H,3-5,8,10H2,1-2H3,(H2,16,17). The lowest BCUT2D eigenvalue weighted by atomic mass is 10.2. The molecule has 2 aromatic rings. The minimum atomic E-state index is 0.602. The van der Waals surface area contributed by atoms with Crippen molar-refractivity contribution < 1.29 is 0 Å². The number of imidazole rings is 1. The molecule has 2 N–H and O–H groups in total. The smallest absolute Gasteiger partial charge is 0.201 e. The molecule has 0 amide bonds. The van der Waals surface area contributed by atoms with E-state index in [1.165, 1.54) is 30.5 Å². The summed E-state index contributed by atoms with van der Waals surface area (Å²) in [5, 5.41) is 0. The minimum absolute atomic E-state index is 0.602. The van der Waals surface area contributed by atoms with E-state index in [4.69, 9.17) is 5.73 Å². The number of hydrogen-bond acceptors (Lipinski definition) is 3. The minimum Gasteiger partial charge on any atom is -0.369 e. The number of likely N-dealkylation sites (N-methyl/N-ethyl adjacent to an activating group) is 1. The number of rotatable bonds is 3. The van der Waals surface area contributed by atoms with Gasteiger partial charge in [-0.2, -0.15) is 0 Å². The Morgan fingerprint density at radius 2 is 2.26 bits per heavy atom. The molecule has 1 aliphatic heterocycles. The van der Waals surface area contributed by atoms with Crippen LogP contribution in [0.1, 0.15) is 25.3 Å². The first-order valence-electron chi connectivity index (χ1n) is 7.15. The van der Waals surface area contributed by atoms with Gasteiger partial charge in [-0.15, -0.1) is 0 Å². The van der Waals surface area contributed by atoms with E-state index in [1.807, 2.05) is 0 Å². The van der Waals surface area contributed by atoms with Crippen LogP contribution in [0.15, 0.2) is 18.2 Å². The monoisotopic (exact) mass is 258 g/mol. The molecule has 0 saturated carbocycles. The number of nitrogens with two attached hydrogens (primary N) is 1. The van der Waals surface area contributed by atoms with Gasteiger partial charge in [-0.25, -0.2) is 4.98 Å². The number of benzene rings is 1. The fourth-order valence-corrected chi connectivity index (χ4v) is 3.17. The van der Waals surface area contributed by atoms with E-state index in [0.29, 0.717) is 12.0 Å². The van der Waals surface area contributed by atoms with Crippen molar-refractivity contribution >= 4 is 17.0 Å². The molecular formula is C15H22N4. The molecule has 1 aromatic heterocycles. The summed E-state index contributed by atoms with van der Waals surface area (Å²) in [4.78, 5) is 7.01. The number of aromatic nitrogens is 2. The molecule has 0 bridgehead atoms. The Morgan fingerprint density at radius 1 is 1.42 bits per heavy atom. The van der Waals surface area contributed by atoms with Gasteiger partial charge in [0.05, 0.1) is 11.0 Å². The third-order valence-electron chi connectivity index (χ3n) is 4.23. The van der Waals surface area contributed by atoms with E-state index in [0.717, 1.165) is 18.6 Å². The number of hydrogen-bond donors (Lipinski definition) is 1. The highest BCUT2D eigenvalue weighted by Gasteiger charge is 2.24. The summed E-state index contributed by atoms with van der Waals surface area (Å²) in [5.74, 6) is 0.642. The number of likely N-dealkylation sites (tertiary alicyclic amines) is 1. The van der Waals surface area contributed by atoms with Gasteiger partial charge in [0.1, 0.15) is 0 Å². The van der Waals surface area contributed by atoms with Crippen LogP contribution in [0.2, 0.25) is 0 Å². The Bertz CT molecular complexity index is 587. The van der Waals surface area contributed by atoms with Crippen molar-refractivity contribution in [3.05, 3.63) is 23.8 Å². The Morgan fingerprint density at radius 3 is 3.05 bits per heavy atom. The molecule has 19 heavy (non-hydrogen) atoms. The highest BCUT2D eigenvalue weighted by atomic mass is 15.2. The first kappa shape index (κ1) is 12.5. The maximum absolute atomic E-state index is 6.10. The normalized spacial score (nSPS) is 20.4. The summed E-state index contributed by atoms with van der Waals surface area (Å²) in [6, 6.07) is 6.94. The van der Waals surface area contributed by atoms with Crippen molar-refractivity contribution in [3.63, 3.8) is 0 Å². The molecule has 1 unspecified atom stereocenters. The van der Waals surface area contributed by atoms with Gasteiger partial charge in [-0.05, 0) is 50.6 Å². The zero-order valence-electron chi connectivity index (χ0n) is 11.8. The molecule has 3 rings (SSSR count). The fraction of sp³-hybridized carbons (Fsp3) is 0.533. The molecule has 1 saturated heterocycles. The summed E-state index contributed by atoms with van der Waals surface area (Å²) in [6.45, 7) is 7.64. The van der Waals surface area contributed by atoms with Gasteiger partial charge in [0.15, 0.2) is 0 Å². The molecule has 0 aliphatic carbocycles. The summed E-state index contributed by atoms with van der Waals surface area (Å²) in [7, 11) is 0. The molecule has 0 spiro atoms. The average Bonchev–Trinajstić information content (AvgIpc) is 2.96. The van der Waals surface area contributed by atoms with Crippen LogP contribution in [-0.2, 0) is 6.54 Å². The number of fused-ring (bicyclic) bond motifs is 1. The second kappa shape index (κ2) is 4.85. The van der Waals surface area contributed by atoms with E-state index < -0.39 is 0 Å². The van der Waals surface area contributed by atoms with Gasteiger partial charge in [-0.3, -0.25) is 4.90 Å². The molecule has 1 atom stereocenters. The SMILES string of the molecule is CCN1CCCC1Cn1c(N)nc2ccc(C)cc21.